The molecule has 1 aliphatic heterocycles. The van der Waals surface area contributed by atoms with Gasteiger partial charge >= 0.3 is 0 Å². The highest BCUT2D eigenvalue weighted by atomic mass is 32.1. The number of ether oxygens (including phenoxy) is 1. The molecule has 0 N–H and O–H groups in total. The molecule has 3 heterocycles. The first kappa shape index (κ1) is 18.2. The molecule has 0 unspecified atom stereocenters. The lowest BCUT2D eigenvalue weighted by Crippen LogP contribution is -2.39. The Balaban J connectivity index is 1.45. The lowest BCUT2D eigenvalue weighted by atomic mass is 9.97. The number of thiazole rings is 1. The van der Waals surface area contributed by atoms with Crippen LogP contribution in [-0.2, 0) is 4.79 Å². The number of benzene rings is 1. The van der Waals surface area contributed by atoms with Crippen molar-refractivity contribution in [3.8, 4) is 16.6 Å². The third-order valence-electron chi connectivity index (χ3n) is 4.69. The van der Waals surface area contributed by atoms with E-state index in [4.69, 9.17) is 14.8 Å². The first-order valence-corrected chi connectivity index (χ1v) is 9.57. The van der Waals surface area contributed by atoms with Gasteiger partial charge in [0.05, 0.1) is 17.3 Å². The normalized spacial score (nSPS) is 14.8. The van der Waals surface area contributed by atoms with Gasteiger partial charge in [-0.05, 0) is 36.6 Å². The standard InChI is InChI=1S/C17H17N7O3S/c1-26-11-2-3-12-13(8-11)28-17(20-12)15-21-16(27-22-15)10-4-6-24(7-5-10)14(25)9-19-23-18/h2-3,8,10H,4-7,9H2,1H3. The van der Waals surface area contributed by atoms with Gasteiger partial charge in [-0.15, -0.1) is 11.3 Å². The second kappa shape index (κ2) is 7.83. The maximum atomic E-state index is 11.9. The van der Waals surface area contributed by atoms with Crippen LogP contribution in [0.25, 0.3) is 31.5 Å². The fourth-order valence-corrected chi connectivity index (χ4v) is 4.10. The van der Waals surface area contributed by atoms with E-state index in [0.29, 0.717) is 29.8 Å². The zero-order valence-corrected chi connectivity index (χ0v) is 15.9. The van der Waals surface area contributed by atoms with Crippen molar-refractivity contribution in [1.29, 1.82) is 0 Å². The first-order chi connectivity index (χ1) is 13.7. The maximum absolute atomic E-state index is 11.9. The molecule has 10 nitrogen and oxygen atoms in total. The van der Waals surface area contributed by atoms with Gasteiger partial charge in [-0.3, -0.25) is 4.79 Å². The van der Waals surface area contributed by atoms with Gasteiger partial charge in [0.2, 0.25) is 17.6 Å². The van der Waals surface area contributed by atoms with Crippen LogP contribution in [0.3, 0.4) is 0 Å². The third-order valence-corrected chi connectivity index (χ3v) is 5.71. The molecule has 0 radical (unpaired) electrons. The average molecular weight is 399 g/mol. The molecule has 1 saturated heterocycles. The van der Waals surface area contributed by atoms with Crippen LogP contribution in [0, 0.1) is 0 Å². The molecule has 0 bridgehead atoms. The molecule has 1 amide bonds. The highest BCUT2D eigenvalue weighted by molar-refractivity contribution is 7.21. The number of piperidine rings is 1. The predicted molar refractivity (Wildman–Crippen MR) is 102 cm³/mol. The van der Waals surface area contributed by atoms with Crippen molar-refractivity contribution in [2.45, 2.75) is 18.8 Å². The van der Waals surface area contributed by atoms with Crippen molar-refractivity contribution < 1.29 is 14.1 Å². The fraction of sp³-hybridized carbons (Fsp3) is 0.412. The Bertz CT molecular complexity index is 1050. The van der Waals surface area contributed by atoms with Gasteiger partial charge in [-0.25, -0.2) is 4.98 Å². The summed E-state index contributed by atoms with van der Waals surface area (Å²) >= 11 is 1.48. The summed E-state index contributed by atoms with van der Waals surface area (Å²) < 4.78 is 11.7. The van der Waals surface area contributed by atoms with E-state index in [9.17, 15) is 4.79 Å². The largest absolute Gasteiger partial charge is 0.497 e. The fourth-order valence-electron chi connectivity index (χ4n) is 3.18. The number of methoxy groups -OCH3 is 1. The van der Waals surface area contributed by atoms with Gasteiger partial charge in [-0.1, -0.05) is 10.3 Å². The van der Waals surface area contributed by atoms with Crippen LogP contribution in [0.4, 0.5) is 0 Å². The number of carbonyl (C=O) groups is 1. The van der Waals surface area contributed by atoms with Gasteiger partial charge in [-0.2, -0.15) is 4.98 Å². The summed E-state index contributed by atoms with van der Waals surface area (Å²) in [5, 5.41) is 8.11. The number of amides is 1. The summed E-state index contributed by atoms with van der Waals surface area (Å²) in [6.07, 6.45) is 1.45. The van der Waals surface area contributed by atoms with Crippen molar-refractivity contribution in [3.05, 3.63) is 34.5 Å². The second-order valence-corrected chi connectivity index (χ2v) is 7.38. The number of fused-ring (bicyclic) bond motifs is 1. The molecular formula is C17H17N7O3S. The number of azide groups is 1. The Morgan fingerprint density at radius 1 is 1.43 bits per heavy atom. The van der Waals surface area contributed by atoms with Gasteiger partial charge in [0.1, 0.15) is 12.3 Å². The minimum atomic E-state index is -0.160. The van der Waals surface area contributed by atoms with E-state index < -0.39 is 0 Å². The Kier molecular flexibility index (Phi) is 5.09. The van der Waals surface area contributed by atoms with E-state index in [-0.39, 0.29) is 18.4 Å². The number of hydrogen-bond acceptors (Lipinski definition) is 8. The van der Waals surface area contributed by atoms with Crippen LogP contribution in [0.2, 0.25) is 0 Å². The molecule has 1 fully saturated rings. The molecule has 1 aromatic carbocycles. The molecule has 0 atom stereocenters. The third kappa shape index (κ3) is 3.62. The van der Waals surface area contributed by atoms with Crippen molar-refractivity contribution in [2.24, 2.45) is 5.11 Å². The molecule has 0 spiro atoms. The molecule has 11 heteroatoms. The zero-order valence-electron chi connectivity index (χ0n) is 15.1. The summed E-state index contributed by atoms with van der Waals surface area (Å²) in [4.78, 5) is 25.3. The quantitative estimate of drug-likeness (QED) is 0.367. The smallest absolute Gasteiger partial charge is 0.231 e. The number of carbonyl (C=O) groups excluding carboxylic acids is 1. The summed E-state index contributed by atoms with van der Waals surface area (Å²) in [5.74, 6) is 1.75. The van der Waals surface area contributed by atoms with Gasteiger partial charge in [0, 0.05) is 23.9 Å². The van der Waals surface area contributed by atoms with E-state index in [0.717, 1.165) is 28.8 Å². The molecule has 144 valence electrons. The topological polar surface area (TPSA) is 130 Å². The van der Waals surface area contributed by atoms with E-state index in [1.807, 2.05) is 18.2 Å². The molecule has 0 aliphatic carbocycles. The van der Waals surface area contributed by atoms with Crippen molar-refractivity contribution in [1.82, 2.24) is 20.0 Å². The Labute approximate surface area is 163 Å². The molecule has 1 aliphatic rings. The van der Waals surface area contributed by atoms with Crippen molar-refractivity contribution in [2.75, 3.05) is 26.7 Å². The molecule has 28 heavy (non-hydrogen) atoms. The van der Waals surface area contributed by atoms with Crippen LogP contribution < -0.4 is 4.74 Å². The monoisotopic (exact) mass is 399 g/mol. The van der Waals surface area contributed by atoms with Gasteiger partial charge in [0.15, 0.2) is 5.01 Å². The summed E-state index contributed by atoms with van der Waals surface area (Å²) in [6.45, 7) is 1.00. The highest BCUT2D eigenvalue weighted by Crippen LogP contribution is 2.33. The molecular weight excluding hydrogens is 382 g/mol. The van der Waals surface area contributed by atoms with E-state index >= 15 is 0 Å². The minimum absolute atomic E-state index is 0.0965. The van der Waals surface area contributed by atoms with Crippen LogP contribution in [-0.4, -0.2) is 52.7 Å². The Hall–Kier alpha value is -3.17. The van der Waals surface area contributed by atoms with E-state index in [2.05, 4.69) is 25.2 Å². The molecule has 0 saturated carbocycles. The van der Waals surface area contributed by atoms with Crippen LogP contribution in [0.1, 0.15) is 24.7 Å². The summed E-state index contributed by atoms with van der Waals surface area (Å²) in [6, 6.07) is 5.70. The number of likely N-dealkylation sites (tertiary alicyclic amines) is 1. The highest BCUT2D eigenvalue weighted by Gasteiger charge is 2.27. The Morgan fingerprint density at radius 2 is 2.25 bits per heavy atom. The second-order valence-electron chi connectivity index (χ2n) is 6.35. The average Bonchev–Trinajstić information content (AvgIpc) is 3.38. The number of hydrogen-bond donors (Lipinski definition) is 0. The zero-order chi connectivity index (χ0) is 19.5. The predicted octanol–water partition coefficient (Wildman–Crippen LogP) is 3.37. The van der Waals surface area contributed by atoms with Crippen molar-refractivity contribution >= 4 is 27.5 Å². The Morgan fingerprint density at radius 3 is 3.00 bits per heavy atom. The lowest BCUT2D eigenvalue weighted by molar-refractivity contribution is -0.130. The van der Waals surface area contributed by atoms with E-state index in [1.165, 1.54) is 11.3 Å². The van der Waals surface area contributed by atoms with Crippen LogP contribution in [0.5, 0.6) is 5.75 Å². The minimum Gasteiger partial charge on any atom is -0.497 e. The van der Waals surface area contributed by atoms with Gasteiger partial charge < -0.3 is 14.2 Å². The van der Waals surface area contributed by atoms with Gasteiger partial charge in [0.25, 0.3) is 0 Å². The number of rotatable bonds is 5. The lowest BCUT2D eigenvalue weighted by Gasteiger charge is -2.30. The molecule has 4 rings (SSSR count). The van der Waals surface area contributed by atoms with Crippen LogP contribution >= 0.6 is 11.3 Å². The van der Waals surface area contributed by atoms with Crippen molar-refractivity contribution in [3.63, 3.8) is 0 Å². The molecule has 2 aromatic heterocycles. The SMILES string of the molecule is COc1ccc2nc(-c3noc(C4CCN(C(=O)CN=[N+]=[N-])CC4)n3)sc2c1. The maximum Gasteiger partial charge on any atom is 0.231 e. The number of nitrogens with zero attached hydrogens (tertiary/aromatic N) is 7. The van der Waals surface area contributed by atoms with Crippen LogP contribution in [0.15, 0.2) is 27.8 Å². The summed E-state index contributed by atoms with van der Waals surface area (Å²) in [5.41, 5.74) is 9.18. The number of aromatic nitrogens is 3. The molecule has 3 aromatic rings. The first-order valence-electron chi connectivity index (χ1n) is 8.75. The van der Waals surface area contributed by atoms with E-state index in [1.54, 1.807) is 12.0 Å². The summed E-state index contributed by atoms with van der Waals surface area (Å²) in [7, 11) is 1.63.